The highest BCUT2D eigenvalue weighted by Crippen LogP contribution is 2.40. The number of likely N-dealkylation sites (tertiary alicyclic amines) is 2. The molecule has 0 aliphatic carbocycles. The first-order chi connectivity index (χ1) is 19.0. The smallest absolute Gasteiger partial charge is 0.309 e. The van der Waals surface area contributed by atoms with E-state index in [0.717, 1.165) is 0 Å². The molecule has 4 rings (SSSR count). The molecule has 0 saturated carbocycles. The zero-order valence-corrected chi connectivity index (χ0v) is 24.4. The second-order valence-corrected chi connectivity index (χ2v) is 12.1. The van der Waals surface area contributed by atoms with E-state index in [4.69, 9.17) is 14.2 Å². The monoisotopic (exact) mass is 557 g/mol. The van der Waals surface area contributed by atoms with Crippen LogP contribution in [0.1, 0.15) is 70.2 Å². The largest absolute Gasteiger partial charge is 0.497 e. The number of nitrogens with zero attached hydrogens (tertiary/aromatic N) is 3. The molecule has 1 aromatic carbocycles. The predicted molar refractivity (Wildman–Crippen MR) is 147 cm³/mol. The van der Waals surface area contributed by atoms with Crippen LogP contribution in [0.5, 0.6) is 5.75 Å². The lowest BCUT2D eigenvalue weighted by molar-refractivity contribution is -0.152. The molecular weight excluding hydrogens is 514 g/mol. The third kappa shape index (κ3) is 6.43. The number of rotatable bonds is 6. The summed E-state index contributed by atoms with van der Waals surface area (Å²) in [6.07, 6.45) is 2.36. The molecule has 1 aromatic rings. The van der Waals surface area contributed by atoms with E-state index < -0.39 is 11.8 Å². The Morgan fingerprint density at radius 2 is 1.60 bits per heavy atom. The van der Waals surface area contributed by atoms with Gasteiger partial charge in [-0.25, -0.2) is 0 Å². The van der Waals surface area contributed by atoms with Gasteiger partial charge in [0.25, 0.3) is 5.91 Å². The summed E-state index contributed by atoms with van der Waals surface area (Å²) >= 11 is 0. The Labute approximate surface area is 236 Å². The van der Waals surface area contributed by atoms with E-state index in [1.165, 1.54) is 0 Å². The van der Waals surface area contributed by atoms with Crippen molar-refractivity contribution in [3.05, 3.63) is 29.8 Å². The average molecular weight is 558 g/mol. The highest BCUT2D eigenvalue weighted by atomic mass is 16.5. The van der Waals surface area contributed by atoms with Crippen LogP contribution in [0, 0.1) is 11.3 Å². The number of carbonyl (C=O) groups excluding carboxylic acids is 4. The van der Waals surface area contributed by atoms with E-state index in [-0.39, 0.29) is 41.6 Å². The SMILES string of the molecule is CCOC(=O)C1CCN(C(=O)[C@H]2COC3(CCN(C(=O)CC(C)(C)C)CC3)N2C(=O)c2ccc(OC)cc2)CC1. The van der Waals surface area contributed by atoms with Crippen LogP contribution in [-0.2, 0) is 23.9 Å². The summed E-state index contributed by atoms with van der Waals surface area (Å²) in [4.78, 5) is 58.2. The summed E-state index contributed by atoms with van der Waals surface area (Å²) in [7, 11) is 1.56. The lowest BCUT2D eigenvalue weighted by atomic mass is 9.90. The van der Waals surface area contributed by atoms with E-state index >= 15 is 0 Å². The number of ether oxygens (including phenoxy) is 3. The van der Waals surface area contributed by atoms with E-state index in [0.29, 0.717) is 76.2 Å². The highest BCUT2D eigenvalue weighted by molar-refractivity contribution is 5.98. The van der Waals surface area contributed by atoms with Gasteiger partial charge in [0.2, 0.25) is 11.8 Å². The first-order valence-electron chi connectivity index (χ1n) is 14.3. The molecule has 220 valence electrons. The lowest BCUT2D eigenvalue weighted by Crippen LogP contribution is -2.60. The molecule has 1 spiro atoms. The maximum absolute atomic E-state index is 14.0. The first-order valence-corrected chi connectivity index (χ1v) is 14.3. The fourth-order valence-corrected chi connectivity index (χ4v) is 5.91. The molecule has 1 atom stereocenters. The number of carbonyl (C=O) groups is 4. The van der Waals surface area contributed by atoms with Gasteiger partial charge in [-0.3, -0.25) is 24.1 Å². The van der Waals surface area contributed by atoms with Gasteiger partial charge in [0.1, 0.15) is 17.5 Å². The maximum Gasteiger partial charge on any atom is 0.309 e. The molecule has 3 heterocycles. The lowest BCUT2D eigenvalue weighted by Gasteiger charge is -2.45. The third-order valence-electron chi connectivity index (χ3n) is 8.11. The molecule has 0 aromatic heterocycles. The molecule has 3 amide bonds. The number of methoxy groups -OCH3 is 1. The minimum atomic E-state index is -0.973. The topological polar surface area (TPSA) is 106 Å². The molecule has 3 saturated heterocycles. The van der Waals surface area contributed by atoms with Gasteiger partial charge in [-0.2, -0.15) is 0 Å². The number of hydrogen-bond donors (Lipinski definition) is 0. The Morgan fingerprint density at radius 1 is 0.975 bits per heavy atom. The fraction of sp³-hybridized carbons (Fsp3) is 0.667. The summed E-state index contributed by atoms with van der Waals surface area (Å²) in [6, 6.07) is 6.05. The van der Waals surface area contributed by atoms with Gasteiger partial charge in [-0.1, -0.05) is 20.8 Å². The Kier molecular flexibility index (Phi) is 9.07. The molecule has 0 unspecified atom stereocenters. The summed E-state index contributed by atoms with van der Waals surface area (Å²) in [5.41, 5.74) is -0.653. The highest BCUT2D eigenvalue weighted by Gasteiger charge is 2.55. The van der Waals surface area contributed by atoms with Crippen LogP contribution in [0.15, 0.2) is 24.3 Å². The zero-order valence-electron chi connectivity index (χ0n) is 24.4. The predicted octanol–water partition coefficient (Wildman–Crippen LogP) is 3.09. The molecule has 3 aliphatic rings. The molecule has 3 aliphatic heterocycles. The number of benzene rings is 1. The van der Waals surface area contributed by atoms with Crippen molar-refractivity contribution in [2.75, 3.05) is 46.5 Å². The van der Waals surface area contributed by atoms with Crippen molar-refractivity contribution < 1.29 is 33.4 Å². The Morgan fingerprint density at radius 3 is 2.15 bits per heavy atom. The molecule has 10 nitrogen and oxygen atoms in total. The number of piperidine rings is 2. The van der Waals surface area contributed by atoms with E-state index in [1.54, 1.807) is 48.1 Å². The number of amides is 3. The Hall–Kier alpha value is -3.14. The van der Waals surface area contributed by atoms with Crippen LogP contribution in [0.2, 0.25) is 0 Å². The van der Waals surface area contributed by atoms with Crippen LogP contribution in [-0.4, -0.2) is 96.7 Å². The van der Waals surface area contributed by atoms with Crippen LogP contribution in [0.4, 0.5) is 0 Å². The van der Waals surface area contributed by atoms with Crippen LogP contribution in [0.25, 0.3) is 0 Å². The Balaban J connectivity index is 1.53. The van der Waals surface area contributed by atoms with Crippen molar-refractivity contribution in [3.8, 4) is 5.75 Å². The normalized spacial score (nSPS) is 21.4. The molecule has 10 heteroatoms. The summed E-state index contributed by atoms with van der Waals surface area (Å²) < 4.78 is 16.8. The molecule has 3 fully saturated rings. The third-order valence-corrected chi connectivity index (χ3v) is 8.11. The molecule has 0 radical (unpaired) electrons. The van der Waals surface area contributed by atoms with Crippen molar-refractivity contribution in [1.82, 2.24) is 14.7 Å². The maximum atomic E-state index is 14.0. The van der Waals surface area contributed by atoms with E-state index in [9.17, 15) is 19.2 Å². The van der Waals surface area contributed by atoms with Gasteiger partial charge in [0.05, 0.1) is 26.2 Å². The van der Waals surface area contributed by atoms with Gasteiger partial charge in [0, 0.05) is 51.0 Å². The summed E-state index contributed by atoms with van der Waals surface area (Å²) in [5, 5.41) is 0. The van der Waals surface area contributed by atoms with Crippen LogP contribution in [0.3, 0.4) is 0 Å². The van der Waals surface area contributed by atoms with Gasteiger partial charge in [0.15, 0.2) is 0 Å². The second kappa shape index (κ2) is 12.2. The zero-order chi connectivity index (χ0) is 29.1. The fourth-order valence-electron chi connectivity index (χ4n) is 5.91. The average Bonchev–Trinajstić information content (AvgIpc) is 3.30. The molecule has 0 bridgehead atoms. The first kappa shape index (κ1) is 29.8. The van der Waals surface area contributed by atoms with Crippen LogP contribution < -0.4 is 4.74 Å². The van der Waals surface area contributed by atoms with Gasteiger partial charge < -0.3 is 24.0 Å². The van der Waals surface area contributed by atoms with Crippen LogP contribution >= 0.6 is 0 Å². The summed E-state index contributed by atoms with van der Waals surface area (Å²) in [5.74, 6) is -0.178. The quantitative estimate of drug-likeness (QED) is 0.495. The molecule has 40 heavy (non-hydrogen) atoms. The van der Waals surface area contributed by atoms with Gasteiger partial charge >= 0.3 is 5.97 Å². The van der Waals surface area contributed by atoms with Crippen molar-refractivity contribution in [2.24, 2.45) is 11.3 Å². The standard InChI is InChI=1S/C30H43N3O7/c1-6-39-28(37)22-11-15-32(16-12-22)27(36)24-20-40-30(13-17-31(18-14-30)25(34)19-29(2,3)4)33(24)26(35)21-7-9-23(38-5)10-8-21/h7-10,22,24H,6,11-20H2,1-5H3/t24-/m1/s1. The van der Waals surface area contributed by atoms with Crippen molar-refractivity contribution in [2.45, 2.75) is 71.6 Å². The van der Waals surface area contributed by atoms with Crippen molar-refractivity contribution >= 4 is 23.7 Å². The minimum absolute atomic E-state index is 0.0884. The van der Waals surface area contributed by atoms with Gasteiger partial charge in [-0.15, -0.1) is 0 Å². The molecule has 0 N–H and O–H groups in total. The van der Waals surface area contributed by atoms with Crippen molar-refractivity contribution in [1.29, 1.82) is 0 Å². The Bertz CT molecular complexity index is 1080. The van der Waals surface area contributed by atoms with Gasteiger partial charge in [-0.05, 0) is 49.4 Å². The van der Waals surface area contributed by atoms with E-state index in [1.807, 2.05) is 25.7 Å². The van der Waals surface area contributed by atoms with Crippen molar-refractivity contribution in [3.63, 3.8) is 0 Å². The second-order valence-electron chi connectivity index (χ2n) is 12.1. The molecular formula is C30H43N3O7. The minimum Gasteiger partial charge on any atom is -0.497 e. The summed E-state index contributed by atoms with van der Waals surface area (Å²) in [6.45, 7) is 10.1. The van der Waals surface area contributed by atoms with E-state index in [2.05, 4.69) is 0 Å². The number of hydrogen-bond acceptors (Lipinski definition) is 7. The number of esters is 1.